The second kappa shape index (κ2) is 8.76. The number of hydrogen-bond donors (Lipinski definition) is 1. The first kappa shape index (κ1) is 19.6. The predicted octanol–water partition coefficient (Wildman–Crippen LogP) is 4.70. The maximum Gasteiger partial charge on any atom is 0.229 e. The molecule has 6 nitrogen and oxygen atoms in total. The van der Waals surface area contributed by atoms with Gasteiger partial charge in [0.15, 0.2) is 5.82 Å². The minimum Gasteiger partial charge on any atom is -0.354 e. The quantitative estimate of drug-likeness (QED) is 0.652. The average molecular weight is 428 g/mol. The molecule has 0 bridgehead atoms. The van der Waals surface area contributed by atoms with Crippen LogP contribution in [0.4, 0.5) is 11.5 Å². The number of aromatic nitrogens is 3. The lowest BCUT2D eigenvalue weighted by Gasteiger charge is -2.32. The molecule has 0 saturated carbocycles. The second-order valence-corrected chi connectivity index (χ2v) is 7.75. The normalized spacial score (nSPS) is 16.5. The van der Waals surface area contributed by atoms with E-state index in [1.807, 2.05) is 24.3 Å². The Kier molecular flexibility index (Phi) is 5.92. The van der Waals surface area contributed by atoms with Crippen LogP contribution in [0, 0.1) is 5.92 Å². The Bertz CT molecular complexity index is 998. The highest BCUT2D eigenvalue weighted by Crippen LogP contribution is 2.28. The van der Waals surface area contributed by atoms with Gasteiger partial charge in [0.25, 0.3) is 0 Å². The minimum absolute atomic E-state index is 0.0553. The van der Waals surface area contributed by atoms with Crippen molar-refractivity contribution in [1.82, 2.24) is 15.2 Å². The molecule has 1 aromatic carbocycles. The number of pyridine rings is 1. The molecule has 1 unspecified atom stereocenters. The number of benzene rings is 1. The van der Waals surface area contributed by atoms with E-state index in [1.165, 1.54) is 0 Å². The zero-order chi connectivity index (χ0) is 20.2. The summed E-state index contributed by atoms with van der Waals surface area (Å²) in [7, 11) is 0. The van der Waals surface area contributed by atoms with Gasteiger partial charge in [-0.15, -0.1) is 10.2 Å². The van der Waals surface area contributed by atoms with E-state index in [0.717, 1.165) is 36.5 Å². The largest absolute Gasteiger partial charge is 0.354 e. The zero-order valence-corrected chi connectivity index (χ0v) is 17.1. The van der Waals surface area contributed by atoms with E-state index in [2.05, 4.69) is 25.4 Å². The number of carbonyl (C=O) groups excluding carboxylic acids is 1. The van der Waals surface area contributed by atoms with Crippen molar-refractivity contribution in [2.24, 2.45) is 5.92 Å². The summed E-state index contributed by atoms with van der Waals surface area (Å²) in [5.74, 6) is 0.558. The third kappa shape index (κ3) is 4.66. The van der Waals surface area contributed by atoms with Crippen LogP contribution in [0.15, 0.2) is 54.9 Å². The molecule has 1 saturated heterocycles. The molecular weight excluding hydrogens is 409 g/mol. The molecule has 1 aliphatic heterocycles. The van der Waals surface area contributed by atoms with Gasteiger partial charge in [0.05, 0.1) is 22.3 Å². The van der Waals surface area contributed by atoms with Crippen molar-refractivity contribution < 1.29 is 4.79 Å². The lowest BCUT2D eigenvalue weighted by atomic mass is 9.97. The lowest BCUT2D eigenvalue weighted by Crippen LogP contribution is -2.41. The summed E-state index contributed by atoms with van der Waals surface area (Å²) >= 11 is 12.1. The Hall–Kier alpha value is -2.70. The molecule has 0 radical (unpaired) electrons. The first-order valence-corrected chi connectivity index (χ1v) is 10.1. The number of nitrogens with one attached hydrogen (secondary N) is 1. The maximum absolute atomic E-state index is 12.7. The van der Waals surface area contributed by atoms with Crippen LogP contribution in [-0.2, 0) is 4.79 Å². The molecule has 0 aliphatic carbocycles. The van der Waals surface area contributed by atoms with Gasteiger partial charge in [-0.2, -0.15) is 0 Å². The summed E-state index contributed by atoms with van der Waals surface area (Å²) < 4.78 is 0. The highest BCUT2D eigenvalue weighted by Gasteiger charge is 2.27. The molecule has 1 N–H and O–H groups in total. The van der Waals surface area contributed by atoms with Crippen molar-refractivity contribution in [2.75, 3.05) is 23.3 Å². The van der Waals surface area contributed by atoms with Gasteiger partial charge in [0, 0.05) is 36.1 Å². The Morgan fingerprint density at radius 1 is 1.07 bits per heavy atom. The molecule has 2 aromatic heterocycles. The molecule has 8 heteroatoms. The van der Waals surface area contributed by atoms with Crippen molar-refractivity contribution in [3.63, 3.8) is 0 Å². The molecule has 148 valence electrons. The van der Waals surface area contributed by atoms with Gasteiger partial charge in [0.1, 0.15) is 0 Å². The number of anilines is 2. The van der Waals surface area contributed by atoms with Gasteiger partial charge >= 0.3 is 0 Å². The second-order valence-electron chi connectivity index (χ2n) is 6.91. The maximum atomic E-state index is 12.7. The first-order valence-electron chi connectivity index (χ1n) is 9.35. The van der Waals surface area contributed by atoms with E-state index >= 15 is 0 Å². The lowest BCUT2D eigenvalue weighted by molar-refractivity contribution is -0.120. The molecular formula is C21H19Cl2N5O. The summed E-state index contributed by atoms with van der Waals surface area (Å²) in [6.07, 6.45) is 5.17. The van der Waals surface area contributed by atoms with E-state index in [9.17, 15) is 4.79 Å². The monoisotopic (exact) mass is 427 g/mol. The molecule has 4 rings (SSSR count). The Balaban J connectivity index is 1.43. The Morgan fingerprint density at radius 3 is 2.62 bits per heavy atom. The fraction of sp³-hybridized carbons (Fsp3) is 0.238. The van der Waals surface area contributed by atoms with Crippen LogP contribution >= 0.6 is 23.2 Å². The number of halogens is 2. The molecule has 29 heavy (non-hydrogen) atoms. The van der Waals surface area contributed by atoms with Crippen LogP contribution in [0.5, 0.6) is 0 Å². The van der Waals surface area contributed by atoms with E-state index in [-0.39, 0.29) is 11.8 Å². The molecule has 1 atom stereocenters. The predicted molar refractivity (Wildman–Crippen MR) is 115 cm³/mol. The molecule has 1 fully saturated rings. The average Bonchev–Trinajstić information content (AvgIpc) is 2.76. The number of rotatable bonds is 4. The summed E-state index contributed by atoms with van der Waals surface area (Å²) in [6.45, 7) is 1.43. The Morgan fingerprint density at radius 2 is 1.90 bits per heavy atom. The Labute approximate surface area is 178 Å². The number of amides is 1. The fourth-order valence-corrected chi connectivity index (χ4v) is 3.85. The van der Waals surface area contributed by atoms with E-state index in [0.29, 0.717) is 22.3 Å². The van der Waals surface area contributed by atoms with E-state index in [1.54, 1.807) is 30.6 Å². The summed E-state index contributed by atoms with van der Waals surface area (Å²) in [5.41, 5.74) is 2.33. The van der Waals surface area contributed by atoms with E-state index in [4.69, 9.17) is 23.2 Å². The number of carbonyl (C=O) groups is 1. The van der Waals surface area contributed by atoms with Crippen LogP contribution in [0.1, 0.15) is 12.8 Å². The van der Waals surface area contributed by atoms with Crippen LogP contribution in [0.25, 0.3) is 11.3 Å². The molecule has 3 aromatic rings. The van der Waals surface area contributed by atoms with Crippen molar-refractivity contribution >= 4 is 40.6 Å². The SMILES string of the molecule is O=C(Nc1ccc(Cl)cc1Cl)C1CCCN(c2ccc(-c3ccncc3)nn2)C1. The molecule has 1 aliphatic rings. The van der Waals surface area contributed by atoms with Crippen LogP contribution in [0.3, 0.4) is 0 Å². The van der Waals surface area contributed by atoms with Crippen molar-refractivity contribution in [2.45, 2.75) is 12.8 Å². The highest BCUT2D eigenvalue weighted by atomic mass is 35.5. The van der Waals surface area contributed by atoms with Crippen LogP contribution in [0.2, 0.25) is 10.0 Å². The first-order chi connectivity index (χ1) is 14.1. The molecule has 0 spiro atoms. The standard InChI is InChI=1S/C21H19Cl2N5O/c22-16-3-4-19(17(23)12-16)25-21(29)15-2-1-11-28(13-15)20-6-5-18(26-27-20)14-7-9-24-10-8-14/h3-10,12,15H,1-2,11,13H2,(H,25,29). The van der Waals surface area contributed by atoms with Crippen LogP contribution in [-0.4, -0.2) is 34.2 Å². The number of piperidine rings is 1. The van der Waals surface area contributed by atoms with Gasteiger partial charge in [-0.25, -0.2) is 0 Å². The van der Waals surface area contributed by atoms with Crippen molar-refractivity contribution in [3.8, 4) is 11.3 Å². The molecule has 1 amide bonds. The van der Waals surface area contributed by atoms with Crippen LogP contribution < -0.4 is 10.2 Å². The van der Waals surface area contributed by atoms with Gasteiger partial charge in [0.2, 0.25) is 5.91 Å². The van der Waals surface area contributed by atoms with Gasteiger partial charge in [-0.3, -0.25) is 9.78 Å². The number of nitrogens with zero attached hydrogens (tertiary/aromatic N) is 4. The van der Waals surface area contributed by atoms with E-state index < -0.39 is 0 Å². The smallest absolute Gasteiger partial charge is 0.229 e. The molecule has 3 heterocycles. The fourth-order valence-electron chi connectivity index (χ4n) is 3.40. The van der Waals surface area contributed by atoms with Gasteiger partial charge in [-0.1, -0.05) is 23.2 Å². The van der Waals surface area contributed by atoms with Gasteiger partial charge < -0.3 is 10.2 Å². The summed E-state index contributed by atoms with van der Waals surface area (Å²) in [5, 5.41) is 12.6. The highest BCUT2D eigenvalue weighted by molar-refractivity contribution is 6.36. The summed E-state index contributed by atoms with van der Waals surface area (Å²) in [4.78, 5) is 18.9. The van der Waals surface area contributed by atoms with Gasteiger partial charge in [-0.05, 0) is 55.3 Å². The minimum atomic E-state index is -0.155. The number of hydrogen-bond acceptors (Lipinski definition) is 5. The topological polar surface area (TPSA) is 71.0 Å². The third-order valence-electron chi connectivity index (χ3n) is 4.93. The van der Waals surface area contributed by atoms with Crippen molar-refractivity contribution in [3.05, 3.63) is 64.9 Å². The third-order valence-corrected chi connectivity index (χ3v) is 5.48. The van der Waals surface area contributed by atoms with Crippen molar-refractivity contribution in [1.29, 1.82) is 0 Å². The summed E-state index contributed by atoms with van der Waals surface area (Å²) in [6, 6.07) is 12.7. The zero-order valence-electron chi connectivity index (χ0n) is 15.6.